The normalized spacial score (nSPS) is 9.62. The van der Waals surface area contributed by atoms with Crippen LogP contribution >= 0.6 is 0 Å². The summed E-state index contributed by atoms with van der Waals surface area (Å²) in [4.78, 5) is 27.7. The highest BCUT2D eigenvalue weighted by molar-refractivity contribution is 5.54. The van der Waals surface area contributed by atoms with Crippen LogP contribution in [-0.2, 0) is 16.0 Å². The fourth-order valence-corrected chi connectivity index (χ4v) is 2.21. The quantitative estimate of drug-likeness (QED) is 0.630. The van der Waals surface area contributed by atoms with E-state index in [9.17, 15) is 9.59 Å². The number of carbonyl (C=O) groups excluding carboxylic acids is 2. The van der Waals surface area contributed by atoms with E-state index in [1.807, 2.05) is 38.1 Å². The largest absolute Gasteiger partial charge is 0.240 e. The standard InChI is InChI=1S/C17H14N2O2/c1-12-7-16(18-10-20)5-3-14(12)9-15-4-6-17(19-11-21)8-13(15)2/h3-8H,9H2,1-2H3. The summed E-state index contributed by atoms with van der Waals surface area (Å²) in [7, 11) is 0. The summed E-state index contributed by atoms with van der Waals surface area (Å²) in [6.07, 6.45) is 3.85. The molecule has 0 spiro atoms. The lowest BCUT2D eigenvalue weighted by Crippen LogP contribution is -1.94. The second-order valence-corrected chi connectivity index (χ2v) is 4.80. The fraction of sp³-hybridized carbons (Fsp3) is 0.176. The maximum atomic E-state index is 10.3. The molecule has 0 N–H and O–H groups in total. The molecule has 0 amide bonds. The molecule has 2 aromatic rings. The van der Waals surface area contributed by atoms with Crippen molar-refractivity contribution in [2.45, 2.75) is 20.3 Å². The van der Waals surface area contributed by atoms with Crippen molar-refractivity contribution < 1.29 is 9.59 Å². The monoisotopic (exact) mass is 278 g/mol. The van der Waals surface area contributed by atoms with Gasteiger partial charge in [0.1, 0.15) is 0 Å². The Morgan fingerprint density at radius 3 is 1.57 bits per heavy atom. The predicted molar refractivity (Wildman–Crippen MR) is 80.7 cm³/mol. The van der Waals surface area contributed by atoms with Gasteiger partial charge in [0.25, 0.3) is 0 Å². The molecule has 0 aliphatic heterocycles. The number of isocyanates is 2. The topological polar surface area (TPSA) is 58.9 Å². The van der Waals surface area contributed by atoms with E-state index in [0.717, 1.165) is 28.7 Å². The Morgan fingerprint density at radius 1 is 0.810 bits per heavy atom. The maximum absolute atomic E-state index is 10.3. The van der Waals surface area contributed by atoms with Crippen LogP contribution in [0.1, 0.15) is 22.3 Å². The number of hydrogen-bond donors (Lipinski definition) is 0. The van der Waals surface area contributed by atoms with E-state index >= 15 is 0 Å². The van der Waals surface area contributed by atoms with Gasteiger partial charge in [-0.1, -0.05) is 12.1 Å². The zero-order chi connectivity index (χ0) is 15.2. The van der Waals surface area contributed by atoms with Gasteiger partial charge in [0.05, 0.1) is 11.4 Å². The van der Waals surface area contributed by atoms with Gasteiger partial charge in [0.2, 0.25) is 12.2 Å². The lowest BCUT2D eigenvalue weighted by molar-refractivity contribution is 0.564. The molecular weight excluding hydrogens is 264 g/mol. The van der Waals surface area contributed by atoms with Gasteiger partial charge in [-0.05, 0) is 66.8 Å². The Morgan fingerprint density at radius 2 is 1.24 bits per heavy atom. The SMILES string of the molecule is Cc1cc(N=C=O)ccc1Cc1ccc(N=C=O)cc1C. The highest BCUT2D eigenvalue weighted by Crippen LogP contribution is 2.23. The van der Waals surface area contributed by atoms with Crippen LogP contribution < -0.4 is 0 Å². The summed E-state index contributed by atoms with van der Waals surface area (Å²) in [5.74, 6) is 0. The van der Waals surface area contributed by atoms with E-state index < -0.39 is 0 Å². The Labute approximate surface area is 122 Å². The maximum Gasteiger partial charge on any atom is 0.240 e. The van der Waals surface area contributed by atoms with Gasteiger partial charge in [-0.2, -0.15) is 9.98 Å². The second-order valence-electron chi connectivity index (χ2n) is 4.80. The van der Waals surface area contributed by atoms with Gasteiger partial charge in [0, 0.05) is 0 Å². The van der Waals surface area contributed by atoms with Gasteiger partial charge in [0.15, 0.2) is 0 Å². The molecule has 4 heteroatoms. The van der Waals surface area contributed by atoms with Crippen molar-refractivity contribution in [3.63, 3.8) is 0 Å². The molecule has 0 aliphatic rings. The molecule has 0 aromatic heterocycles. The minimum atomic E-state index is 0.610. The minimum absolute atomic E-state index is 0.610. The van der Waals surface area contributed by atoms with Crippen molar-refractivity contribution in [3.8, 4) is 0 Å². The number of nitrogens with zero attached hydrogens (tertiary/aromatic N) is 2. The van der Waals surface area contributed by atoms with Crippen LogP contribution in [0.5, 0.6) is 0 Å². The van der Waals surface area contributed by atoms with Crippen molar-refractivity contribution in [1.29, 1.82) is 0 Å². The summed E-state index contributed by atoms with van der Waals surface area (Å²) in [6.45, 7) is 3.97. The third-order valence-corrected chi connectivity index (χ3v) is 3.38. The summed E-state index contributed by atoms with van der Waals surface area (Å²) in [5.41, 5.74) is 5.68. The third-order valence-electron chi connectivity index (χ3n) is 3.38. The Bertz CT molecular complexity index is 703. The Balaban J connectivity index is 2.29. The van der Waals surface area contributed by atoms with Crippen LogP contribution in [0.25, 0.3) is 0 Å². The van der Waals surface area contributed by atoms with Gasteiger partial charge < -0.3 is 0 Å². The summed E-state index contributed by atoms with van der Waals surface area (Å²) < 4.78 is 0. The number of benzene rings is 2. The molecule has 0 aliphatic carbocycles. The Kier molecular flexibility index (Phi) is 4.57. The smallest absolute Gasteiger partial charge is 0.211 e. The number of aliphatic imine (C=N–C) groups is 2. The average Bonchev–Trinajstić information content (AvgIpc) is 2.45. The van der Waals surface area contributed by atoms with Crippen molar-refractivity contribution in [2.24, 2.45) is 9.98 Å². The molecular formula is C17H14N2O2. The molecule has 0 heterocycles. The molecule has 0 unspecified atom stereocenters. The third kappa shape index (κ3) is 3.61. The van der Waals surface area contributed by atoms with Crippen LogP contribution in [0.3, 0.4) is 0 Å². The first-order valence-electron chi connectivity index (χ1n) is 6.49. The molecule has 0 saturated carbocycles. The van der Waals surface area contributed by atoms with Crippen LogP contribution in [-0.4, -0.2) is 12.2 Å². The van der Waals surface area contributed by atoms with E-state index in [4.69, 9.17) is 0 Å². The van der Waals surface area contributed by atoms with Crippen LogP contribution in [0.4, 0.5) is 11.4 Å². The van der Waals surface area contributed by atoms with Crippen LogP contribution in [0, 0.1) is 13.8 Å². The molecule has 0 atom stereocenters. The van der Waals surface area contributed by atoms with E-state index in [-0.39, 0.29) is 0 Å². The van der Waals surface area contributed by atoms with Gasteiger partial charge >= 0.3 is 0 Å². The molecule has 0 fully saturated rings. The highest BCUT2D eigenvalue weighted by atomic mass is 16.1. The lowest BCUT2D eigenvalue weighted by atomic mass is 9.97. The molecule has 2 rings (SSSR count). The van der Waals surface area contributed by atoms with E-state index in [1.165, 1.54) is 0 Å². The van der Waals surface area contributed by atoms with Crippen molar-refractivity contribution in [3.05, 3.63) is 58.7 Å². The van der Waals surface area contributed by atoms with E-state index in [0.29, 0.717) is 11.4 Å². The van der Waals surface area contributed by atoms with Crippen molar-refractivity contribution in [1.82, 2.24) is 0 Å². The van der Waals surface area contributed by atoms with Gasteiger partial charge in [-0.3, -0.25) is 0 Å². The number of hydrogen-bond acceptors (Lipinski definition) is 4. The molecule has 0 saturated heterocycles. The molecule has 0 bridgehead atoms. The number of rotatable bonds is 4. The summed E-state index contributed by atoms with van der Waals surface area (Å²) in [5, 5.41) is 0. The van der Waals surface area contributed by atoms with Crippen molar-refractivity contribution >= 4 is 23.5 Å². The van der Waals surface area contributed by atoms with Gasteiger partial charge in [-0.25, -0.2) is 9.59 Å². The molecule has 2 aromatic carbocycles. The lowest BCUT2D eigenvalue weighted by Gasteiger charge is -2.09. The fourth-order valence-electron chi connectivity index (χ4n) is 2.21. The first-order chi connectivity index (χ1) is 10.1. The van der Waals surface area contributed by atoms with E-state index in [2.05, 4.69) is 9.98 Å². The number of aryl methyl sites for hydroxylation is 2. The van der Waals surface area contributed by atoms with Crippen LogP contribution in [0.15, 0.2) is 46.4 Å². The van der Waals surface area contributed by atoms with Gasteiger partial charge in [-0.15, -0.1) is 0 Å². The zero-order valence-electron chi connectivity index (χ0n) is 11.9. The molecule has 0 radical (unpaired) electrons. The predicted octanol–water partition coefficient (Wildman–Crippen LogP) is 3.83. The molecule has 4 nitrogen and oxygen atoms in total. The van der Waals surface area contributed by atoms with Crippen molar-refractivity contribution in [2.75, 3.05) is 0 Å². The summed E-state index contributed by atoms with van der Waals surface area (Å²) >= 11 is 0. The minimum Gasteiger partial charge on any atom is -0.211 e. The zero-order valence-corrected chi connectivity index (χ0v) is 11.9. The molecule has 104 valence electrons. The van der Waals surface area contributed by atoms with E-state index in [1.54, 1.807) is 24.3 Å². The highest BCUT2D eigenvalue weighted by Gasteiger charge is 2.05. The second kappa shape index (κ2) is 6.58. The first-order valence-corrected chi connectivity index (χ1v) is 6.49. The average molecular weight is 278 g/mol. The summed E-state index contributed by atoms with van der Waals surface area (Å²) in [6, 6.07) is 11.2. The molecule has 21 heavy (non-hydrogen) atoms. The first kappa shape index (κ1) is 14.6. The Hall–Kier alpha value is -2.80. The van der Waals surface area contributed by atoms with Crippen LogP contribution in [0.2, 0.25) is 0 Å².